The summed E-state index contributed by atoms with van der Waals surface area (Å²) in [6.45, 7) is 4.47. The van der Waals surface area contributed by atoms with Crippen molar-refractivity contribution >= 4 is 15.9 Å². The van der Waals surface area contributed by atoms with Gasteiger partial charge in [-0.05, 0) is 38.2 Å². The van der Waals surface area contributed by atoms with E-state index in [0.717, 1.165) is 23.3 Å². The molecule has 1 rings (SSSR count). The van der Waals surface area contributed by atoms with E-state index in [1.54, 1.807) is 0 Å². The van der Waals surface area contributed by atoms with Gasteiger partial charge in [-0.1, -0.05) is 15.9 Å². The Hall–Kier alpha value is -0.580. The van der Waals surface area contributed by atoms with E-state index in [4.69, 9.17) is 10.5 Å². The Bertz CT molecular complexity index is 300. The highest BCUT2D eigenvalue weighted by atomic mass is 79.9. The number of nitrogens with two attached hydrogens (primary N) is 1. The maximum absolute atomic E-state index is 5.71. The summed E-state index contributed by atoms with van der Waals surface area (Å²) in [6, 6.07) is 8.06. The van der Waals surface area contributed by atoms with Crippen LogP contribution in [0.3, 0.4) is 0 Å². The predicted octanol–water partition coefficient (Wildman–Crippen LogP) is 2.11. The van der Waals surface area contributed by atoms with Crippen LogP contribution in [0.25, 0.3) is 0 Å². The topological polar surface area (TPSA) is 38.5 Å². The van der Waals surface area contributed by atoms with Crippen LogP contribution in [0.2, 0.25) is 0 Å². The van der Waals surface area contributed by atoms with Gasteiger partial charge in [0.25, 0.3) is 0 Å². The van der Waals surface area contributed by atoms with Gasteiger partial charge in [0.1, 0.15) is 12.4 Å². The maximum atomic E-state index is 5.71. The molecule has 0 saturated carbocycles. The summed E-state index contributed by atoms with van der Waals surface area (Å²) < 4.78 is 6.67. The van der Waals surface area contributed by atoms with Crippen LogP contribution in [-0.4, -0.2) is 37.7 Å². The fourth-order valence-corrected chi connectivity index (χ4v) is 1.70. The summed E-state index contributed by atoms with van der Waals surface area (Å²) in [6.07, 6.45) is 0. The first-order chi connectivity index (χ1) is 7.58. The Balaban J connectivity index is 2.22. The van der Waals surface area contributed by atoms with Crippen LogP contribution in [0.5, 0.6) is 5.75 Å². The zero-order valence-corrected chi connectivity index (χ0v) is 11.4. The van der Waals surface area contributed by atoms with Gasteiger partial charge in [0.15, 0.2) is 0 Å². The lowest BCUT2D eigenvalue weighted by atomic mass is 10.3. The number of ether oxygens (including phenoxy) is 1. The first-order valence-electron chi connectivity index (χ1n) is 5.40. The van der Waals surface area contributed by atoms with Crippen molar-refractivity contribution in [1.82, 2.24) is 4.90 Å². The normalized spacial score (nSPS) is 12.8. The largest absolute Gasteiger partial charge is 0.492 e. The van der Waals surface area contributed by atoms with Crippen molar-refractivity contribution in [3.05, 3.63) is 28.7 Å². The molecule has 3 nitrogen and oxygen atoms in total. The number of rotatable bonds is 6. The van der Waals surface area contributed by atoms with E-state index in [1.807, 2.05) is 38.2 Å². The molecule has 0 radical (unpaired) electrons. The molecule has 16 heavy (non-hydrogen) atoms. The summed E-state index contributed by atoms with van der Waals surface area (Å²) in [5.41, 5.74) is 5.71. The molecule has 0 aliphatic rings. The maximum Gasteiger partial charge on any atom is 0.119 e. The summed E-state index contributed by atoms with van der Waals surface area (Å²) in [4.78, 5) is 2.17. The Morgan fingerprint density at radius 2 is 2.00 bits per heavy atom. The van der Waals surface area contributed by atoms with Gasteiger partial charge in [-0.3, -0.25) is 0 Å². The molecule has 1 unspecified atom stereocenters. The summed E-state index contributed by atoms with van der Waals surface area (Å²) >= 11 is 3.39. The van der Waals surface area contributed by atoms with Crippen LogP contribution in [0, 0.1) is 0 Å². The monoisotopic (exact) mass is 286 g/mol. The average molecular weight is 287 g/mol. The zero-order chi connectivity index (χ0) is 12.0. The van der Waals surface area contributed by atoms with Crippen LogP contribution < -0.4 is 10.5 Å². The molecule has 0 aliphatic heterocycles. The molecular weight excluding hydrogens is 268 g/mol. The molecule has 4 heteroatoms. The third-order valence-corrected chi connectivity index (χ3v) is 2.68. The Morgan fingerprint density at radius 1 is 1.38 bits per heavy atom. The van der Waals surface area contributed by atoms with E-state index >= 15 is 0 Å². The third kappa shape index (κ3) is 5.49. The molecule has 2 N–H and O–H groups in total. The molecule has 0 amide bonds. The van der Waals surface area contributed by atoms with E-state index < -0.39 is 0 Å². The molecule has 0 heterocycles. The summed E-state index contributed by atoms with van der Waals surface area (Å²) in [5, 5.41) is 0. The molecular formula is C12H19BrN2O. The van der Waals surface area contributed by atoms with Crippen molar-refractivity contribution in [2.45, 2.75) is 13.0 Å². The second-order valence-corrected chi connectivity index (χ2v) is 4.96. The second kappa shape index (κ2) is 6.89. The van der Waals surface area contributed by atoms with Gasteiger partial charge < -0.3 is 15.4 Å². The zero-order valence-electron chi connectivity index (χ0n) is 9.82. The van der Waals surface area contributed by atoms with Crippen molar-refractivity contribution in [3.8, 4) is 5.75 Å². The van der Waals surface area contributed by atoms with Crippen LogP contribution in [0.4, 0.5) is 0 Å². The predicted molar refractivity (Wildman–Crippen MR) is 70.8 cm³/mol. The minimum Gasteiger partial charge on any atom is -0.492 e. The fourth-order valence-electron chi connectivity index (χ4n) is 1.43. The molecule has 1 atom stereocenters. The molecule has 0 fully saturated rings. The van der Waals surface area contributed by atoms with Gasteiger partial charge in [0.05, 0.1) is 0 Å². The van der Waals surface area contributed by atoms with Crippen LogP contribution in [0.15, 0.2) is 28.7 Å². The van der Waals surface area contributed by atoms with Gasteiger partial charge in [0.2, 0.25) is 0 Å². The molecule has 0 aliphatic carbocycles. The van der Waals surface area contributed by atoms with E-state index in [2.05, 4.69) is 20.8 Å². The van der Waals surface area contributed by atoms with E-state index in [9.17, 15) is 0 Å². The number of hydrogen-bond acceptors (Lipinski definition) is 3. The fraction of sp³-hybridized carbons (Fsp3) is 0.500. The first kappa shape index (κ1) is 13.5. The van der Waals surface area contributed by atoms with Gasteiger partial charge in [0, 0.05) is 23.6 Å². The number of nitrogens with zero attached hydrogens (tertiary/aromatic N) is 1. The Morgan fingerprint density at radius 3 is 2.56 bits per heavy atom. The van der Waals surface area contributed by atoms with Gasteiger partial charge >= 0.3 is 0 Å². The molecule has 90 valence electrons. The number of halogens is 1. The highest BCUT2D eigenvalue weighted by Gasteiger charge is 2.01. The van der Waals surface area contributed by atoms with E-state index in [-0.39, 0.29) is 6.04 Å². The van der Waals surface area contributed by atoms with Crippen LogP contribution >= 0.6 is 15.9 Å². The Kier molecular flexibility index (Phi) is 5.80. The van der Waals surface area contributed by atoms with Crippen molar-refractivity contribution in [2.24, 2.45) is 5.73 Å². The van der Waals surface area contributed by atoms with Gasteiger partial charge in [-0.2, -0.15) is 0 Å². The van der Waals surface area contributed by atoms with Crippen LogP contribution in [0.1, 0.15) is 6.92 Å². The minimum absolute atomic E-state index is 0.206. The molecule has 1 aromatic carbocycles. The number of benzene rings is 1. The van der Waals surface area contributed by atoms with Crippen molar-refractivity contribution < 1.29 is 4.74 Å². The lowest BCUT2D eigenvalue weighted by Crippen LogP contribution is -2.35. The second-order valence-electron chi connectivity index (χ2n) is 4.04. The minimum atomic E-state index is 0.206. The lowest BCUT2D eigenvalue weighted by molar-refractivity contribution is 0.231. The van der Waals surface area contributed by atoms with Crippen molar-refractivity contribution in [3.63, 3.8) is 0 Å². The highest BCUT2D eigenvalue weighted by molar-refractivity contribution is 9.10. The number of likely N-dealkylation sites (N-methyl/N-ethyl adjacent to an activating group) is 1. The third-order valence-electron chi connectivity index (χ3n) is 2.16. The molecule has 0 aromatic heterocycles. The number of hydrogen-bond donors (Lipinski definition) is 1. The van der Waals surface area contributed by atoms with Gasteiger partial charge in [-0.25, -0.2) is 0 Å². The van der Waals surface area contributed by atoms with E-state index in [1.165, 1.54) is 0 Å². The highest BCUT2D eigenvalue weighted by Crippen LogP contribution is 2.15. The van der Waals surface area contributed by atoms with Gasteiger partial charge in [-0.15, -0.1) is 0 Å². The quantitative estimate of drug-likeness (QED) is 0.871. The molecule has 0 saturated heterocycles. The van der Waals surface area contributed by atoms with Crippen molar-refractivity contribution in [1.29, 1.82) is 0 Å². The van der Waals surface area contributed by atoms with Crippen molar-refractivity contribution in [2.75, 3.05) is 26.7 Å². The molecule has 0 bridgehead atoms. The summed E-state index contributed by atoms with van der Waals surface area (Å²) in [7, 11) is 2.05. The standard InChI is InChI=1S/C12H19BrN2O/c1-10(14)9-15(2)7-8-16-12-5-3-11(13)4-6-12/h3-6,10H,7-9,14H2,1-2H3. The van der Waals surface area contributed by atoms with E-state index in [0.29, 0.717) is 6.61 Å². The summed E-state index contributed by atoms with van der Waals surface area (Å²) in [5.74, 6) is 0.900. The Labute approximate surface area is 106 Å². The lowest BCUT2D eigenvalue weighted by Gasteiger charge is -2.18. The molecule has 1 aromatic rings. The average Bonchev–Trinajstić information content (AvgIpc) is 2.20. The smallest absolute Gasteiger partial charge is 0.119 e. The SMILES string of the molecule is CC(N)CN(C)CCOc1ccc(Br)cc1. The molecule has 0 spiro atoms. The first-order valence-corrected chi connectivity index (χ1v) is 6.19. The van der Waals surface area contributed by atoms with Crippen LogP contribution in [-0.2, 0) is 0 Å².